The van der Waals surface area contributed by atoms with Gasteiger partial charge < -0.3 is 9.84 Å². The van der Waals surface area contributed by atoms with E-state index < -0.39 is 17.4 Å². The van der Waals surface area contributed by atoms with Crippen molar-refractivity contribution >= 4 is 11.9 Å². The van der Waals surface area contributed by atoms with E-state index >= 15 is 0 Å². The van der Waals surface area contributed by atoms with Gasteiger partial charge in [-0.05, 0) is 19.3 Å². The van der Waals surface area contributed by atoms with Crippen LogP contribution in [0.25, 0.3) is 0 Å². The van der Waals surface area contributed by atoms with Crippen LogP contribution in [0.2, 0.25) is 0 Å². The Labute approximate surface area is 128 Å². The van der Waals surface area contributed by atoms with Crippen molar-refractivity contribution in [1.29, 1.82) is 0 Å². The van der Waals surface area contributed by atoms with E-state index in [9.17, 15) is 14.7 Å². The average Bonchev–Trinajstić information content (AvgIpc) is 2.50. The number of carbonyl (C=O) groups excluding carboxylic acids is 1. The predicted octanol–water partition coefficient (Wildman–Crippen LogP) is 4.32. The van der Waals surface area contributed by atoms with Gasteiger partial charge in [0.05, 0.1) is 6.61 Å². The molecule has 0 amide bonds. The minimum atomic E-state index is -1.26. The summed E-state index contributed by atoms with van der Waals surface area (Å²) in [6.45, 7) is 2.56. The second kappa shape index (κ2) is 9.80. The monoisotopic (exact) mass is 298 g/mol. The molecule has 0 heterocycles. The van der Waals surface area contributed by atoms with Crippen LogP contribution in [0.3, 0.4) is 0 Å². The van der Waals surface area contributed by atoms with Gasteiger partial charge in [0.15, 0.2) is 5.41 Å². The van der Waals surface area contributed by atoms with Gasteiger partial charge in [0.2, 0.25) is 0 Å². The number of carbonyl (C=O) groups is 2. The Kier molecular flexibility index (Phi) is 8.40. The smallest absolute Gasteiger partial charge is 0.323 e. The van der Waals surface area contributed by atoms with E-state index in [0.717, 1.165) is 32.1 Å². The molecule has 1 rings (SSSR count). The van der Waals surface area contributed by atoms with Crippen LogP contribution in [-0.2, 0) is 14.3 Å². The number of carboxylic acid groups (broad SMARTS) is 1. The van der Waals surface area contributed by atoms with Gasteiger partial charge >= 0.3 is 11.9 Å². The van der Waals surface area contributed by atoms with Gasteiger partial charge in [-0.1, -0.05) is 64.7 Å². The Morgan fingerprint density at radius 2 is 1.52 bits per heavy atom. The lowest BCUT2D eigenvalue weighted by Gasteiger charge is -2.30. The number of rotatable bonds is 10. The average molecular weight is 298 g/mol. The molecule has 1 aliphatic carbocycles. The Morgan fingerprint density at radius 3 is 2.10 bits per heavy atom. The SMILES string of the molecule is CCCCCCCCCOC(=O)C1(C(=O)O)CCCCC1. The van der Waals surface area contributed by atoms with Gasteiger partial charge in [-0.15, -0.1) is 0 Å². The number of ether oxygens (including phenoxy) is 1. The summed E-state index contributed by atoms with van der Waals surface area (Å²) in [4.78, 5) is 23.6. The highest BCUT2D eigenvalue weighted by Gasteiger charge is 2.48. The van der Waals surface area contributed by atoms with E-state index in [1.165, 1.54) is 32.1 Å². The summed E-state index contributed by atoms with van der Waals surface area (Å²) in [5, 5.41) is 9.38. The molecule has 0 bridgehead atoms. The van der Waals surface area contributed by atoms with Crippen LogP contribution in [0.1, 0.15) is 84.0 Å². The molecular formula is C17H30O4. The van der Waals surface area contributed by atoms with Crippen molar-refractivity contribution in [1.82, 2.24) is 0 Å². The maximum absolute atomic E-state index is 12.1. The second-order valence-corrected chi connectivity index (χ2v) is 6.21. The van der Waals surface area contributed by atoms with E-state index in [1.54, 1.807) is 0 Å². The molecule has 0 aliphatic heterocycles. The van der Waals surface area contributed by atoms with Gasteiger partial charge in [-0.2, -0.15) is 0 Å². The highest BCUT2D eigenvalue weighted by molar-refractivity contribution is 5.99. The number of hydrogen-bond donors (Lipinski definition) is 1. The number of aliphatic carboxylic acids is 1. The first kappa shape index (κ1) is 18.0. The van der Waals surface area contributed by atoms with Crippen LogP contribution in [0.15, 0.2) is 0 Å². The normalized spacial score (nSPS) is 17.4. The fourth-order valence-electron chi connectivity index (χ4n) is 3.02. The van der Waals surface area contributed by atoms with Crippen molar-refractivity contribution in [3.8, 4) is 0 Å². The molecule has 0 unspecified atom stereocenters. The summed E-state index contributed by atoms with van der Waals surface area (Å²) in [7, 11) is 0. The third-order valence-corrected chi connectivity index (χ3v) is 4.49. The molecule has 0 saturated heterocycles. The molecular weight excluding hydrogens is 268 g/mol. The number of esters is 1. The fourth-order valence-corrected chi connectivity index (χ4v) is 3.02. The summed E-state index contributed by atoms with van der Waals surface area (Å²) in [6.07, 6.45) is 11.6. The molecule has 1 N–H and O–H groups in total. The van der Waals surface area contributed by atoms with Crippen molar-refractivity contribution in [3.63, 3.8) is 0 Å². The van der Waals surface area contributed by atoms with Gasteiger partial charge in [-0.25, -0.2) is 0 Å². The minimum Gasteiger partial charge on any atom is -0.480 e. The van der Waals surface area contributed by atoms with Gasteiger partial charge in [0.1, 0.15) is 0 Å². The topological polar surface area (TPSA) is 63.6 Å². The molecule has 0 radical (unpaired) electrons. The second-order valence-electron chi connectivity index (χ2n) is 6.21. The molecule has 0 spiro atoms. The fraction of sp³-hybridized carbons (Fsp3) is 0.882. The highest BCUT2D eigenvalue weighted by Crippen LogP contribution is 2.37. The first-order valence-corrected chi connectivity index (χ1v) is 8.54. The highest BCUT2D eigenvalue weighted by atomic mass is 16.5. The third-order valence-electron chi connectivity index (χ3n) is 4.49. The molecule has 0 aromatic rings. The molecule has 1 fully saturated rings. The van der Waals surface area contributed by atoms with Crippen molar-refractivity contribution in [3.05, 3.63) is 0 Å². The maximum Gasteiger partial charge on any atom is 0.323 e. The Balaban J connectivity index is 2.21. The standard InChI is InChI=1S/C17H30O4/c1-2-3-4-5-6-7-11-14-21-16(20)17(15(18)19)12-9-8-10-13-17/h2-14H2,1H3,(H,18,19). The Bertz CT molecular complexity index is 319. The molecule has 1 aliphatic rings. The Hall–Kier alpha value is -1.06. The van der Waals surface area contributed by atoms with E-state index in [0.29, 0.717) is 19.4 Å². The van der Waals surface area contributed by atoms with E-state index in [2.05, 4.69) is 6.92 Å². The van der Waals surface area contributed by atoms with Crippen molar-refractivity contribution in [2.45, 2.75) is 84.0 Å². The van der Waals surface area contributed by atoms with E-state index in [-0.39, 0.29) is 0 Å². The van der Waals surface area contributed by atoms with Crippen molar-refractivity contribution in [2.75, 3.05) is 6.61 Å². The van der Waals surface area contributed by atoms with Gasteiger partial charge in [0.25, 0.3) is 0 Å². The molecule has 1 saturated carbocycles. The molecule has 0 aromatic heterocycles. The van der Waals surface area contributed by atoms with Crippen LogP contribution >= 0.6 is 0 Å². The molecule has 122 valence electrons. The van der Waals surface area contributed by atoms with Crippen LogP contribution in [-0.4, -0.2) is 23.7 Å². The van der Waals surface area contributed by atoms with Crippen LogP contribution in [0, 0.1) is 5.41 Å². The molecule has 0 atom stereocenters. The zero-order valence-corrected chi connectivity index (χ0v) is 13.4. The first-order chi connectivity index (χ1) is 10.1. The summed E-state index contributed by atoms with van der Waals surface area (Å²) in [6, 6.07) is 0. The number of hydrogen-bond acceptors (Lipinski definition) is 3. The zero-order valence-electron chi connectivity index (χ0n) is 13.4. The van der Waals surface area contributed by atoms with E-state index in [4.69, 9.17) is 4.74 Å². The largest absolute Gasteiger partial charge is 0.480 e. The molecule has 21 heavy (non-hydrogen) atoms. The lowest BCUT2D eigenvalue weighted by atomic mass is 9.74. The third kappa shape index (κ3) is 5.68. The predicted molar refractivity (Wildman–Crippen MR) is 82.1 cm³/mol. The zero-order chi connectivity index (χ0) is 15.6. The molecule has 4 heteroatoms. The van der Waals surface area contributed by atoms with Gasteiger partial charge in [0, 0.05) is 0 Å². The Morgan fingerprint density at radius 1 is 0.952 bits per heavy atom. The summed E-state index contributed by atoms with van der Waals surface area (Å²) >= 11 is 0. The summed E-state index contributed by atoms with van der Waals surface area (Å²) in [5.41, 5.74) is -1.26. The minimum absolute atomic E-state index is 0.363. The first-order valence-electron chi connectivity index (χ1n) is 8.54. The number of carboxylic acids is 1. The molecule has 4 nitrogen and oxygen atoms in total. The summed E-state index contributed by atoms with van der Waals surface area (Å²) < 4.78 is 5.25. The van der Waals surface area contributed by atoms with Crippen LogP contribution in [0.5, 0.6) is 0 Å². The lowest BCUT2D eigenvalue weighted by Crippen LogP contribution is -2.42. The lowest BCUT2D eigenvalue weighted by molar-refractivity contribution is -0.171. The maximum atomic E-state index is 12.1. The van der Waals surface area contributed by atoms with Gasteiger partial charge in [-0.3, -0.25) is 9.59 Å². The quantitative estimate of drug-likeness (QED) is 0.371. The van der Waals surface area contributed by atoms with Crippen LogP contribution < -0.4 is 0 Å². The van der Waals surface area contributed by atoms with Crippen LogP contribution in [0.4, 0.5) is 0 Å². The van der Waals surface area contributed by atoms with Crippen molar-refractivity contribution in [2.24, 2.45) is 5.41 Å². The number of unbranched alkanes of at least 4 members (excludes halogenated alkanes) is 6. The summed E-state index contributed by atoms with van der Waals surface area (Å²) in [5.74, 6) is -1.52. The van der Waals surface area contributed by atoms with E-state index in [1.807, 2.05) is 0 Å². The molecule has 0 aromatic carbocycles. The van der Waals surface area contributed by atoms with Crippen molar-refractivity contribution < 1.29 is 19.4 Å².